The van der Waals surface area contributed by atoms with Crippen molar-refractivity contribution in [1.29, 1.82) is 0 Å². The third-order valence-electron chi connectivity index (χ3n) is 7.89. The first-order chi connectivity index (χ1) is 15.6. The Morgan fingerprint density at radius 1 is 1.00 bits per heavy atom. The number of nitrogens with zero attached hydrogens (tertiary/aromatic N) is 2. The molecule has 0 aromatic heterocycles. The summed E-state index contributed by atoms with van der Waals surface area (Å²) in [5.41, 5.74) is 4.36. The van der Waals surface area contributed by atoms with E-state index in [1.165, 1.54) is 11.3 Å². The van der Waals surface area contributed by atoms with E-state index < -0.39 is 10.8 Å². The monoisotopic (exact) mass is 421 g/mol. The van der Waals surface area contributed by atoms with Crippen LogP contribution in [-0.2, 0) is 22.2 Å². The first kappa shape index (κ1) is 19.2. The van der Waals surface area contributed by atoms with E-state index in [9.17, 15) is 4.79 Å². The minimum Gasteiger partial charge on any atom is -0.364 e. The molecular formula is C28H27N3O. The molecule has 160 valence electrons. The van der Waals surface area contributed by atoms with Gasteiger partial charge >= 0.3 is 0 Å². The highest BCUT2D eigenvalue weighted by Crippen LogP contribution is 2.63. The van der Waals surface area contributed by atoms with Crippen LogP contribution in [0.15, 0.2) is 91.5 Å². The summed E-state index contributed by atoms with van der Waals surface area (Å²) in [4.78, 5) is 18.9. The van der Waals surface area contributed by atoms with E-state index in [1.54, 1.807) is 0 Å². The molecule has 3 heterocycles. The molecule has 1 N–H and O–H groups in total. The highest BCUT2D eigenvalue weighted by Gasteiger charge is 2.69. The number of amides is 1. The summed E-state index contributed by atoms with van der Waals surface area (Å²) in [5, 5.41) is 3.80. The average molecular weight is 422 g/mol. The van der Waals surface area contributed by atoms with Gasteiger partial charge < -0.3 is 15.1 Å². The van der Waals surface area contributed by atoms with Crippen LogP contribution in [0.1, 0.15) is 23.1 Å². The summed E-state index contributed by atoms with van der Waals surface area (Å²) in [6.07, 6.45) is 2.79. The summed E-state index contributed by atoms with van der Waals surface area (Å²) in [6.45, 7) is 5.64. The molecule has 1 fully saturated rings. The number of likely N-dealkylation sites (tertiary alicyclic amines) is 1. The van der Waals surface area contributed by atoms with E-state index in [2.05, 4.69) is 72.4 Å². The second-order valence-electron chi connectivity index (χ2n) is 9.17. The lowest BCUT2D eigenvalue weighted by molar-refractivity contribution is -0.144. The number of rotatable bonds is 3. The van der Waals surface area contributed by atoms with Gasteiger partial charge in [0.25, 0.3) is 0 Å². The maximum absolute atomic E-state index is 14.5. The Labute approximate surface area is 189 Å². The largest absolute Gasteiger partial charge is 0.364 e. The molecule has 1 saturated heterocycles. The number of hydrogen-bond acceptors (Lipinski definition) is 3. The predicted molar refractivity (Wildman–Crippen MR) is 129 cm³/mol. The maximum atomic E-state index is 14.5. The number of para-hydroxylation sites is 2. The van der Waals surface area contributed by atoms with Crippen molar-refractivity contribution in [1.82, 2.24) is 4.90 Å². The van der Waals surface area contributed by atoms with Gasteiger partial charge in [-0.3, -0.25) is 4.79 Å². The fraction of sp³-hybridized carbons (Fsp3) is 0.250. The van der Waals surface area contributed by atoms with Gasteiger partial charge in [-0.05, 0) is 35.2 Å². The quantitative estimate of drug-likeness (QED) is 0.624. The molecule has 0 aliphatic carbocycles. The van der Waals surface area contributed by atoms with E-state index >= 15 is 0 Å². The number of anilines is 2. The molecule has 3 aromatic rings. The lowest BCUT2D eigenvalue weighted by Gasteiger charge is -2.58. The average Bonchev–Trinajstić information content (AvgIpc) is 3.08. The SMILES string of the molecule is C=C[C@@]12C(=O)N(Cc3ccccc3)CC[C@@]13c1ccccc1N(C)[C@H]3Nc1ccccc12. The third kappa shape index (κ3) is 2.19. The molecule has 4 heteroatoms. The number of carbonyl (C=O) groups excluding carboxylic acids is 1. The number of fused-ring (bicyclic) bond motifs is 3. The molecule has 0 bridgehead atoms. The Balaban J connectivity index is 1.59. The maximum Gasteiger partial charge on any atom is 0.238 e. The van der Waals surface area contributed by atoms with Gasteiger partial charge in [-0.15, -0.1) is 6.58 Å². The van der Waals surface area contributed by atoms with Crippen LogP contribution in [0.2, 0.25) is 0 Å². The summed E-state index contributed by atoms with van der Waals surface area (Å²) in [6, 6.07) is 27.1. The number of hydrogen-bond donors (Lipinski definition) is 1. The number of carbonyl (C=O) groups is 1. The van der Waals surface area contributed by atoms with Gasteiger partial charge in [-0.2, -0.15) is 0 Å². The fourth-order valence-electron chi connectivity index (χ4n) is 6.53. The van der Waals surface area contributed by atoms with E-state index in [0.29, 0.717) is 13.1 Å². The topological polar surface area (TPSA) is 35.6 Å². The third-order valence-corrected chi connectivity index (χ3v) is 7.89. The molecule has 4 nitrogen and oxygen atoms in total. The van der Waals surface area contributed by atoms with Crippen molar-refractivity contribution in [2.45, 2.75) is 30.0 Å². The second-order valence-corrected chi connectivity index (χ2v) is 9.17. The van der Waals surface area contributed by atoms with Crippen molar-refractivity contribution >= 4 is 17.3 Å². The van der Waals surface area contributed by atoms with Crippen molar-refractivity contribution in [3.05, 3.63) is 108 Å². The Bertz CT molecular complexity index is 1220. The molecular weight excluding hydrogens is 394 g/mol. The minimum atomic E-state index is -0.840. The van der Waals surface area contributed by atoms with Crippen LogP contribution in [0.3, 0.4) is 0 Å². The van der Waals surface area contributed by atoms with Crippen molar-refractivity contribution in [2.75, 3.05) is 23.8 Å². The van der Waals surface area contributed by atoms with Gasteiger partial charge in [-0.1, -0.05) is 72.8 Å². The summed E-state index contributed by atoms with van der Waals surface area (Å²) in [7, 11) is 2.13. The van der Waals surface area contributed by atoms with Gasteiger partial charge in [0.2, 0.25) is 5.91 Å². The van der Waals surface area contributed by atoms with Gasteiger partial charge in [0.15, 0.2) is 0 Å². The molecule has 3 aromatic carbocycles. The summed E-state index contributed by atoms with van der Waals surface area (Å²) >= 11 is 0. The van der Waals surface area contributed by atoms with Crippen molar-refractivity contribution in [3.63, 3.8) is 0 Å². The molecule has 0 unspecified atom stereocenters. The Morgan fingerprint density at radius 2 is 1.69 bits per heavy atom. The summed E-state index contributed by atoms with van der Waals surface area (Å²) < 4.78 is 0. The van der Waals surface area contributed by atoms with E-state index in [-0.39, 0.29) is 12.1 Å². The van der Waals surface area contributed by atoms with Crippen molar-refractivity contribution < 1.29 is 4.79 Å². The van der Waals surface area contributed by atoms with Crippen LogP contribution in [-0.4, -0.2) is 30.6 Å². The van der Waals surface area contributed by atoms with Gasteiger partial charge in [0.05, 0.1) is 5.41 Å². The highest BCUT2D eigenvalue weighted by atomic mass is 16.2. The second kappa shape index (κ2) is 6.73. The summed E-state index contributed by atoms with van der Waals surface area (Å²) in [5.74, 6) is 0.145. The zero-order chi connectivity index (χ0) is 21.9. The lowest BCUT2D eigenvalue weighted by Crippen LogP contribution is -2.71. The molecule has 6 rings (SSSR count). The van der Waals surface area contributed by atoms with E-state index in [1.807, 2.05) is 41.3 Å². The van der Waals surface area contributed by atoms with Crippen molar-refractivity contribution in [3.8, 4) is 0 Å². The predicted octanol–water partition coefficient (Wildman–Crippen LogP) is 4.68. The van der Waals surface area contributed by atoms with E-state index in [4.69, 9.17) is 0 Å². The smallest absolute Gasteiger partial charge is 0.238 e. The van der Waals surface area contributed by atoms with E-state index in [0.717, 1.165) is 23.2 Å². The molecule has 3 atom stereocenters. The molecule has 0 saturated carbocycles. The zero-order valence-corrected chi connectivity index (χ0v) is 18.3. The van der Waals surface area contributed by atoms with Crippen molar-refractivity contribution in [2.24, 2.45) is 0 Å². The standard InChI is InChI=1S/C28H27N3O/c1-3-27-21-13-7-9-15-23(21)29-25-28(27,22-14-8-10-16-24(22)30(25)2)17-18-31(26(27)32)19-20-11-5-4-6-12-20/h3-16,25,29H,1,17-19H2,2H3/t25-,27-,28+/m1/s1. The lowest BCUT2D eigenvalue weighted by atomic mass is 9.51. The van der Waals surface area contributed by atoms with Gasteiger partial charge in [-0.25, -0.2) is 0 Å². The van der Waals surface area contributed by atoms with Gasteiger partial charge in [0, 0.05) is 31.5 Å². The van der Waals surface area contributed by atoms with Crippen LogP contribution in [0.25, 0.3) is 0 Å². The molecule has 0 radical (unpaired) electrons. The zero-order valence-electron chi connectivity index (χ0n) is 18.3. The van der Waals surface area contributed by atoms with Crippen LogP contribution >= 0.6 is 0 Å². The van der Waals surface area contributed by atoms with Gasteiger partial charge in [0.1, 0.15) is 11.6 Å². The highest BCUT2D eigenvalue weighted by molar-refractivity contribution is 5.98. The minimum absolute atomic E-state index is 0.0179. The van der Waals surface area contributed by atoms with Crippen LogP contribution in [0, 0.1) is 0 Å². The Hall–Kier alpha value is -3.53. The first-order valence-corrected chi connectivity index (χ1v) is 11.3. The number of benzene rings is 3. The molecule has 32 heavy (non-hydrogen) atoms. The molecule has 1 amide bonds. The number of likely N-dealkylation sites (N-methyl/N-ethyl adjacent to an activating group) is 1. The Kier molecular flexibility index (Phi) is 4.03. The first-order valence-electron chi connectivity index (χ1n) is 11.3. The van der Waals surface area contributed by atoms with Crippen LogP contribution in [0.4, 0.5) is 11.4 Å². The van der Waals surface area contributed by atoms with Crippen LogP contribution < -0.4 is 10.2 Å². The Morgan fingerprint density at radius 3 is 2.47 bits per heavy atom. The molecule has 1 spiro atoms. The fourth-order valence-corrected chi connectivity index (χ4v) is 6.53. The molecule has 3 aliphatic heterocycles. The normalized spacial score (nSPS) is 27.7. The molecule has 3 aliphatic rings. The van der Waals surface area contributed by atoms with Crippen LogP contribution in [0.5, 0.6) is 0 Å². The number of nitrogens with one attached hydrogen (secondary N) is 1. The number of piperidine rings is 1.